The normalized spacial score (nSPS) is 10.4. The first kappa shape index (κ1) is 17.2. The molecule has 0 saturated heterocycles. The number of hydrogen-bond acceptors (Lipinski definition) is 5. The van der Waals surface area contributed by atoms with Gasteiger partial charge in [0.15, 0.2) is 0 Å². The minimum absolute atomic E-state index is 0.556. The van der Waals surface area contributed by atoms with Crippen molar-refractivity contribution in [2.45, 2.75) is 6.92 Å². The molecule has 0 atom stereocenters. The van der Waals surface area contributed by atoms with E-state index in [9.17, 15) is 0 Å². The van der Waals surface area contributed by atoms with E-state index in [-0.39, 0.29) is 0 Å². The van der Waals surface area contributed by atoms with Gasteiger partial charge in [0.2, 0.25) is 5.95 Å². The molecule has 0 amide bonds. The van der Waals surface area contributed by atoms with Gasteiger partial charge in [0, 0.05) is 41.8 Å². The van der Waals surface area contributed by atoms with Crippen molar-refractivity contribution < 1.29 is 0 Å². The fourth-order valence-corrected chi connectivity index (χ4v) is 2.84. The fourth-order valence-electron chi connectivity index (χ4n) is 2.37. The molecule has 0 unspecified atom stereocenters. The molecule has 3 aromatic rings. The molecule has 25 heavy (non-hydrogen) atoms. The molecule has 5 nitrogen and oxygen atoms in total. The van der Waals surface area contributed by atoms with Gasteiger partial charge in [-0.3, -0.25) is 0 Å². The van der Waals surface area contributed by atoms with E-state index in [1.807, 2.05) is 51.4 Å². The number of aryl methyl sites for hydroxylation is 1. The largest absolute Gasteiger partial charge is 0.378 e. The van der Waals surface area contributed by atoms with Crippen LogP contribution in [0, 0.1) is 6.92 Å². The maximum absolute atomic E-state index is 4.53. The SMILES string of the molecule is Cc1cc(Br)ccc1Nc1nccc(Nc2ccc(N(C)C)cc2)n1. The Kier molecular flexibility index (Phi) is 5.19. The highest BCUT2D eigenvalue weighted by molar-refractivity contribution is 9.10. The van der Waals surface area contributed by atoms with Crippen LogP contribution in [-0.2, 0) is 0 Å². The minimum Gasteiger partial charge on any atom is -0.378 e. The molecule has 0 spiro atoms. The average Bonchev–Trinajstić information content (AvgIpc) is 2.58. The Hall–Kier alpha value is -2.60. The molecule has 2 N–H and O–H groups in total. The zero-order valence-corrected chi connectivity index (χ0v) is 16.0. The number of aromatic nitrogens is 2. The molecular formula is C19H20BrN5. The van der Waals surface area contributed by atoms with Crippen LogP contribution >= 0.6 is 15.9 Å². The van der Waals surface area contributed by atoms with Crippen molar-refractivity contribution in [3.63, 3.8) is 0 Å². The second-order valence-corrected chi connectivity index (χ2v) is 6.83. The Labute approximate surface area is 156 Å². The van der Waals surface area contributed by atoms with Gasteiger partial charge in [-0.15, -0.1) is 0 Å². The van der Waals surface area contributed by atoms with E-state index in [0.29, 0.717) is 5.95 Å². The van der Waals surface area contributed by atoms with Crippen molar-refractivity contribution in [1.29, 1.82) is 0 Å². The van der Waals surface area contributed by atoms with Crippen LogP contribution < -0.4 is 15.5 Å². The zero-order chi connectivity index (χ0) is 17.8. The summed E-state index contributed by atoms with van der Waals surface area (Å²) in [6.45, 7) is 2.04. The van der Waals surface area contributed by atoms with Gasteiger partial charge < -0.3 is 15.5 Å². The Bertz CT molecular complexity index is 862. The van der Waals surface area contributed by atoms with Crippen molar-refractivity contribution in [1.82, 2.24) is 9.97 Å². The first-order chi connectivity index (χ1) is 12.0. The Morgan fingerprint density at radius 2 is 1.72 bits per heavy atom. The standard InChI is InChI=1S/C19H20BrN5/c1-13-12-14(20)4-9-17(13)23-19-21-11-10-18(24-19)22-15-5-7-16(8-6-15)25(2)3/h4-12H,1-3H3,(H2,21,22,23,24). The van der Waals surface area contributed by atoms with E-state index in [1.165, 1.54) is 0 Å². The molecule has 0 bridgehead atoms. The quantitative estimate of drug-likeness (QED) is 0.626. The van der Waals surface area contributed by atoms with E-state index in [4.69, 9.17) is 0 Å². The molecule has 3 rings (SSSR count). The van der Waals surface area contributed by atoms with Gasteiger partial charge in [-0.25, -0.2) is 4.98 Å². The summed E-state index contributed by atoms with van der Waals surface area (Å²) in [5.41, 5.74) is 4.24. The maximum Gasteiger partial charge on any atom is 0.229 e. The first-order valence-corrected chi connectivity index (χ1v) is 8.71. The van der Waals surface area contributed by atoms with Gasteiger partial charge in [-0.2, -0.15) is 4.98 Å². The minimum atomic E-state index is 0.556. The number of nitrogens with one attached hydrogen (secondary N) is 2. The zero-order valence-electron chi connectivity index (χ0n) is 14.4. The van der Waals surface area contributed by atoms with E-state index < -0.39 is 0 Å². The Balaban J connectivity index is 1.75. The number of halogens is 1. The molecule has 0 aliphatic heterocycles. The van der Waals surface area contributed by atoms with Crippen LogP contribution in [-0.4, -0.2) is 24.1 Å². The van der Waals surface area contributed by atoms with Gasteiger partial charge in [-0.05, 0) is 61.0 Å². The lowest BCUT2D eigenvalue weighted by Crippen LogP contribution is -2.08. The molecule has 0 fully saturated rings. The molecule has 2 aromatic carbocycles. The highest BCUT2D eigenvalue weighted by atomic mass is 79.9. The number of hydrogen-bond donors (Lipinski definition) is 2. The first-order valence-electron chi connectivity index (χ1n) is 7.92. The van der Waals surface area contributed by atoms with Crippen LogP contribution in [0.1, 0.15) is 5.56 Å². The maximum atomic E-state index is 4.53. The van der Waals surface area contributed by atoms with Crippen LogP contribution in [0.5, 0.6) is 0 Å². The summed E-state index contributed by atoms with van der Waals surface area (Å²) in [5.74, 6) is 1.30. The summed E-state index contributed by atoms with van der Waals surface area (Å²) in [6, 6.07) is 16.1. The van der Waals surface area contributed by atoms with Crippen molar-refractivity contribution in [2.75, 3.05) is 29.6 Å². The smallest absolute Gasteiger partial charge is 0.229 e. The summed E-state index contributed by atoms with van der Waals surface area (Å²) in [6.07, 6.45) is 1.74. The van der Waals surface area contributed by atoms with Crippen molar-refractivity contribution in [2.24, 2.45) is 0 Å². The second kappa shape index (κ2) is 7.53. The van der Waals surface area contributed by atoms with Crippen LogP contribution in [0.15, 0.2) is 59.2 Å². The topological polar surface area (TPSA) is 53.1 Å². The van der Waals surface area contributed by atoms with Crippen LogP contribution in [0.25, 0.3) is 0 Å². The van der Waals surface area contributed by atoms with E-state index in [2.05, 4.69) is 59.6 Å². The lowest BCUT2D eigenvalue weighted by Gasteiger charge is -2.13. The summed E-state index contributed by atoms with van der Waals surface area (Å²) < 4.78 is 1.05. The van der Waals surface area contributed by atoms with Crippen LogP contribution in [0.4, 0.5) is 28.8 Å². The van der Waals surface area contributed by atoms with E-state index >= 15 is 0 Å². The molecule has 6 heteroatoms. The Morgan fingerprint density at radius 1 is 0.960 bits per heavy atom. The molecule has 0 radical (unpaired) electrons. The molecule has 0 aliphatic rings. The van der Waals surface area contributed by atoms with Gasteiger partial charge >= 0.3 is 0 Å². The number of benzene rings is 2. The van der Waals surface area contributed by atoms with E-state index in [0.717, 1.165) is 32.9 Å². The Morgan fingerprint density at radius 3 is 2.40 bits per heavy atom. The molecular weight excluding hydrogens is 378 g/mol. The van der Waals surface area contributed by atoms with Crippen molar-refractivity contribution >= 4 is 44.8 Å². The number of rotatable bonds is 5. The third-order valence-electron chi connectivity index (χ3n) is 3.75. The third-order valence-corrected chi connectivity index (χ3v) is 4.24. The summed E-state index contributed by atoms with van der Waals surface area (Å²) in [5, 5.41) is 6.56. The molecule has 1 heterocycles. The second-order valence-electron chi connectivity index (χ2n) is 5.92. The van der Waals surface area contributed by atoms with E-state index in [1.54, 1.807) is 6.20 Å². The van der Waals surface area contributed by atoms with Gasteiger partial charge in [-0.1, -0.05) is 15.9 Å². The predicted molar refractivity (Wildman–Crippen MR) is 108 cm³/mol. The van der Waals surface area contributed by atoms with Crippen molar-refractivity contribution in [3.8, 4) is 0 Å². The molecule has 128 valence electrons. The number of anilines is 5. The van der Waals surface area contributed by atoms with Gasteiger partial charge in [0.05, 0.1) is 0 Å². The molecule has 1 aromatic heterocycles. The lowest BCUT2D eigenvalue weighted by atomic mass is 10.2. The number of nitrogens with zero attached hydrogens (tertiary/aromatic N) is 3. The summed E-state index contributed by atoms with van der Waals surface area (Å²) in [4.78, 5) is 10.9. The summed E-state index contributed by atoms with van der Waals surface area (Å²) in [7, 11) is 4.05. The average molecular weight is 398 g/mol. The van der Waals surface area contributed by atoms with Gasteiger partial charge in [0.25, 0.3) is 0 Å². The van der Waals surface area contributed by atoms with Crippen LogP contribution in [0.2, 0.25) is 0 Å². The lowest BCUT2D eigenvalue weighted by molar-refractivity contribution is 1.13. The summed E-state index contributed by atoms with van der Waals surface area (Å²) >= 11 is 3.47. The van der Waals surface area contributed by atoms with Gasteiger partial charge in [0.1, 0.15) is 5.82 Å². The fraction of sp³-hybridized carbons (Fsp3) is 0.158. The highest BCUT2D eigenvalue weighted by Gasteiger charge is 2.04. The van der Waals surface area contributed by atoms with Crippen molar-refractivity contribution in [3.05, 3.63) is 64.8 Å². The highest BCUT2D eigenvalue weighted by Crippen LogP contribution is 2.23. The molecule has 0 saturated carbocycles. The third kappa shape index (κ3) is 4.48. The monoisotopic (exact) mass is 397 g/mol. The van der Waals surface area contributed by atoms with Crippen LogP contribution in [0.3, 0.4) is 0 Å². The predicted octanol–water partition coefficient (Wildman–Crippen LogP) is 5.10. The molecule has 0 aliphatic carbocycles.